The molecule has 2 N–H and O–H groups in total. The van der Waals surface area contributed by atoms with Crippen molar-refractivity contribution in [2.45, 2.75) is 25.7 Å². The summed E-state index contributed by atoms with van der Waals surface area (Å²) in [6.45, 7) is 1.94. The Bertz CT molecular complexity index is 829. The van der Waals surface area contributed by atoms with Crippen molar-refractivity contribution in [3.8, 4) is 24.1 Å². The van der Waals surface area contributed by atoms with Crippen LogP contribution < -0.4 is 5.32 Å². The molecule has 0 fully saturated rings. The molecule has 0 saturated heterocycles. The molecule has 0 aliphatic carbocycles. The molecular formula is C16H14N6S. The van der Waals surface area contributed by atoms with Crippen molar-refractivity contribution in [1.82, 2.24) is 20.3 Å². The molecule has 114 valence electrons. The van der Waals surface area contributed by atoms with Gasteiger partial charge in [-0.2, -0.15) is 10.5 Å². The van der Waals surface area contributed by atoms with E-state index in [2.05, 4.69) is 32.2 Å². The topological polar surface area (TPSA) is 101 Å². The minimum absolute atomic E-state index is 0.114. The molecule has 1 atom stereocenters. The van der Waals surface area contributed by atoms with E-state index in [0.717, 1.165) is 16.7 Å². The monoisotopic (exact) mass is 322 g/mol. The fraction of sp³-hybridized carbons (Fsp3) is 0.312. The molecule has 7 heteroatoms. The Morgan fingerprint density at radius 1 is 1.35 bits per heavy atom. The first kappa shape index (κ1) is 16.4. The van der Waals surface area contributed by atoms with Gasteiger partial charge in [0.1, 0.15) is 12.0 Å². The molecule has 0 aromatic carbocycles. The normalized spacial score (nSPS) is 11.1. The highest BCUT2D eigenvalue weighted by molar-refractivity contribution is 7.80. The molecule has 0 radical (unpaired) electrons. The zero-order valence-corrected chi connectivity index (χ0v) is 13.3. The summed E-state index contributed by atoms with van der Waals surface area (Å²) < 4.78 is 0. The molecule has 2 aromatic heterocycles. The van der Waals surface area contributed by atoms with Gasteiger partial charge in [0.25, 0.3) is 0 Å². The van der Waals surface area contributed by atoms with Crippen LogP contribution in [0, 0.1) is 40.5 Å². The van der Waals surface area contributed by atoms with Crippen LogP contribution in [-0.4, -0.2) is 19.9 Å². The Labute approximate surface area is 139 Å². The van der Waals surface area contributed by atoms with Crippen LogP contribution in [0.1, 0.15) is 31.4 Å². The molecule has 6 nitrogen and oxygen atoms in total. The van der Waals surface area contributed by atoms with Gasteiger partial charge in [-0.15, -0.1) is 0 Å². The van der Waals surface area contributed by atoms with Gasteiger partial charge in [-0.25, -0.2) is 9.97 Å². The summed E-state index contributed by atoms with van der Waals surface area (Å²) in [6.07, 6.45) is 3.71. The summed E-state index contributed by atoms with van der Waals surface area (Å²) in [6, 6.07) is 8.78. The van der Waals surface area contributed by atoms with Crippen LogP contribution in [0.15, 0.2) is 18.6 Å². The van der Waals surface area contributed by atoms with Crippen molar-refractivity contribution in [3.63, 3.8) is 0 Å². The van der Waals surface area contributed by atoms with Crippen LogP contribution in [0.3, 0.4) is 0 Å². The third-order valence-electron chi connectivity index (χ3n) is 3.32. The molecule has 0 spiro atoms. The number of hydrogen-bond donors (Lipinski definition) is 2. The van der Waals surface area contributed by atoms with E-state index in [1.807, 2.05) is 31.3 Å². The fourth-order valence-corrected chi connectivity index (χ4v) is 2.31. The summed E-state index contributed by atoms with van der Waals surface area (Å²) in [5.41, 5.74) is 1.61. The molecule has 2 aromatic rings. The highest BCUT2D eigenvalue weighted by atomic mass is 32.1. The summed E-state index contributed by atoms with van der Waals surface area (Å²) in [7, 11) is 0. The number of thiocarbonyl (C=S) groups is 1. The number of nitrogens with one attached hydrogen (secondary N) is 2. The van der Waals surface area contributed by atoms with E-state index < -0.39 is 0 Å². The van der Waals surface area contributed by atoms with Crippen molar-refractivity contribution >= 4 is 28.2 Å². The van der Waals surface area contributed by atoms with Crippen LogP contribution >= 0.6 is 12.2 Å². The smallest absolute Gasteiger partial charge is 0.140 e. The van der Waals surface area contributed by atoms with Gasteiger partial charge in [0, 0.05) is 36.4 Å². The largest absolute Gasteiger partial charge is 0.346 e. The first-order chi connectivity index (χ1) is 11.2. The molecule has 1 unspecified atom stereocenters. The molecule has 0 saturated carbocycles. The van der Waals surface area contributed by atoms with Crippen molar-refractivity contribution in [2.75, 3.05) is 0 Å². The Morgan fingerprint density at radius 3 is 2.78 bits per heavy atom. The van der Waals surface area contributed by atoms with E-state index in [-0.39, 0.29) is 24.7 Å². The number of hydrogen-bond acceptors (Lipinski definition) is 5. The highest BCUT2D eigenvalue weighted by Crippen LogP contribution is 2.20. The fourth-order valence-electron chi connectivity index (χ4n) is 2.09. The summed E-state index contributed by atoms with van der Waals surface area (Å²) in [5.74, 6) is 2.63. The Balaban J connectivity index is 2.07. The second-order valence-corrected chi connectivity index (χ2v) is 5.34. The number of aromatic amines is 1. The van der Waals surface area contributed by atoms with Gasteiger partial charge in [-0.05, 0) is 13.0 Å². The maximum Gasteiger partial charge on any atom is 0.140 e. The average molecular weight is 322 g/mol. The standard InChI is InChI=1S/C16H14N6S/c1-11(14-13-5-9-19-15(13)22-10-21-14)4-8-20-16(23)12(2-6-17)3-7-18/h5,9-12H,2-3H2,1H3,(H,20,23)(H,19,21,22). The predicted octanol–water partition coefficient (Wildman–Crippen LogP) is 2.38. The third-order valence-corrected chi connectivity index (χ3v) is 3.75. The second kappa shape index (κ2) is 7.89. The third kappa shape index (κ3) is 4.03. The Kier molecular flexibility index (Phi) is 5.63. The lowest BCUT2D eigenvalue weighted by molar-refractivity contribution is 0.727. The van der Waals surface area contributed by atoms with E-state index in [4.69, 9.17) is 22.7 Å². The summed E-state index contributed by atoms with van der Waals surface area (Å²) >= 11 is 5.19. The summed E-state index contributed by atoms with van der Waals surface area (Å²) in [5, 5.41) is 21.3. The molecular weight excluding hydrogens is 308 g/mol. The highest BCUT2D eigenvalue weighted by Gasteiger charge is 2.13. The lowest BCUT2D eigenvalue weighted by atomic mass is 10.0. The van der Waals surface area contributed by atoms with Gasteiger partial charge in [0.05, 0.1) is 28.7 Å². The Hall–Kier alpha value is -2.95. The number of rotatable bonds is 4. The van der Waals surface area contributed by atoms with E-state index in [1.54, 1.807) is 0 Å². The first-order valence-corrected chi connectivity index (χ1v) is 7.40. The van der Waals surface area contributed by atoms with E-state index in [1.165, 1.54) is 6.33 Å². The van der Waals surface area contributed by atoms with Crippen molar-refractivity contribution in [3.05, 3.63) is 24.3 Å². The number of nitriles is 2. The average Bonchev–Trinajstić information content (AvgIpc) is 3.02. The van der Waals surface area contributed by atoms with Gasteiger partial charge in [0.2, 0.25) is 0 Å². The first-order valence-electron chi connectivity index (χ1n) is 6.99. The molecule has 23 heavy (non-hydrogen) atoms. The summed E-state index contributed by atoms with van der Waals surface area (Å²) in [4.78, 5) is 11.9. The van der Waals surface area contributed by atoms with E-state index >= 15 is 0 Å². The number of H-pyrrole nitrogens is 1. The number of aromatic nitrogens is 3. The van der Waals surface area contributed by atoms with Crippen LogP contribution in [0.5, 0.6) is 0 Å². The quantitative estimate of drug-likeness (QED) is 0.509. The van der Waals surface area contributed by atoms with Gasteiger partial charge in [-0.1, -0.05) is 18.1 Å². The lowest BCUT2D eigenvalue weighted by Crippen LogP contribution is -2.24. The minimum Gasteiger partial charge on any atom is -0.346 e. The molecule has 0 aliphatic rings. The van der Waals surface area contributed by atoms with Crippen molar-refractivity contribution in [2.24, 2.45) is 5.92 Å². The van der Waals surface area contributed by atoms with Gasteiger partial charge >= 0.3 is 0 Å². The van der Waals surface area contributed by atoms with E-state index in [0.29, 0.717) is 4.99 Å². The number of fused-ring (bicyclic) bond motifs is 1. The van der Waals surface area contributed by atoms with Crippen LogP contribution in [0.4, 0.5) is 0 Å². The van der Waals surface area contributed by atoms with Crippen LogP contribution in [0.2, 0.25) is 0 Å². The Morgan fingerprint density at radius 2 is 2.09 bits per heavy atom. The van der Waals surface area contributed by atoms with Crippen molar-refractivity contribution in [1.29, 1.82) is 10.5 Å². The second-order valence-electron chi connectivity index (χ2n) is 4.90. The zero-order chi connectivity index (χ0) is 16.7. The number of nitrogens with zero attached hydrogens (tertiary/aromatic N) is 4. The molecule has 0 amide bonds. The minimum atomic E-state index is -0.292. The maximum absolute atomic E-state index is 8.75. The van der Waals surface area contributed by atoms with E-state index in [9.17, 15) is 0 Å². The molecule has 2 rings (SSSR count). The van der Waals surface area contributed by atoms with Gasteiger partial charge in [0.15, 0.2) is 0 Å². The zero-order valence-electron chi connectivity index (χ0n) is 12.5. The van der Waals surface area contributed by atoms with Crippen LogP contribution in [-0.2, 0) is 0 Å². The SMILES string of the molecule is CC(C#CNC(=S)C(CC#N)CC#N)c1ncnc2[nH]ccc12. The maximum atomic E-state index is 8.75. The molecule has 2 heterocycles. The molecule has 0 aliphatic heterocycles. The van der Waals surface area contributed by atoms with Gasteiger partial charge < -0.3 is 10.3 Å². The van der Waals surface area contributed by atoms with Crippen molar-refractivity contribution < 1.29 is 0 Å². The van der Waals surface area contributed by atoms with Crippen LogP contribution in [0.25, 0.3) is 11.0 Å². The molecule has 0 bridgehead atoms. The predicted molar refractivity (Wildman–Crippen MR) is 89.8 cm³/mol. The lowest BCUT2D eigenvalue weighted by Gasteiger charge is -2.09. The van der Waals surface area contributed by atoms with Gasteiger partial charge in [-0.3, -0.25) is 0 Å².